The third kappa shape index (κ3) is 2.59. The molecule has 0 atom stereocenters. The van der Waals surface area contributed by atoms with E-state index in [-0.39, 0.29) is 17.2 Å². The number of ether oxygens (including phenoxy) is 1. The predicted molar refractivity (Wildman–Crippen MR) is 72.5 cm³/mol. The number of carbonyl (C=O) groups is 1. The second kappa shape index (κ2) is 4.53. The molecule has 3 fully saturated rings. The third-order valence-corrected chi connectivity index (χ3v) is 4.29. The Kier molecular flexibility index (Phi) is 2.97. The first kappa shape index (κ1) is 12.5. The Morgan fingerprint density at radius 3 is 2.68 bits per heavy atom. The van der Waals surface area contributed by atoms with E-state index in [1.165, 1.54) is 0 Å². The van der Waals surface area contributed by atoms with Gasteiger partial charge < -0.3 is 15.8 Å². The molecular weight excluding hydrogens is 240 g/mol. The number of alkyl carbamates (subject to hydrolysis) is 1. The fraction of sp³-hybridized carbons (Fsp3) is 0.533. The van der Waals surface area contributed by atoms with E-state index in [2.05, 4.69) is 5.32 Å². The van der Waals surface area contributed by atoms with E-state index in [9.17, 15) is 4.79 Å². The maximum atomic E-state index is 11.8. The topological polar surface area (TPSA) is 64.3 Å². The highest BCUT2D eigenvalue weighted by Crippen LogP contribution is 2.50. The lowest BCUT2D eigenvalue weighted by atomic mass is 9.55. The molecule has 1 amide bonds. The summed E-state index contributed by atoms with van der Waals surface area (Å²) >= 11 is 0. The van der Waals surface area contributed by atoms with Crippen molar-refractivity contribution >= 4 is 6.09 Å². The highest BCUT2D eigenvalue weighted by atomic mass is 16.5. The highest BCUT2D eigenvalue weighted by molar-refractivity contribution is 5.68. The average Bonchev–Trinajstić information content (AvgIpc) is 2.36. The van der Waals surface area contributed by atoms with Crippen molar-refractivity contribution in [3.8, 4) is 0 Å². The number of hydrogen-bond donors (Lipinski definition) is 2. The molecular formula is C15H20N2O2. The van der Waals surface area contributed by atoms with Crippen LogP contribution in [0, 0.1) is 0 Å². The molecule has 0 heterocycles. The summed E-state index contributed by atoms with van der Waals surface area (Å²) in [5.41, 5.74) is 7.04. The molecule has 3 saturated carbocycles. The molecule has 4 nitrogen and oxygen atoms in total. The first-order chi connectivity index (χ1) is 9.09. The van der Waals surface area contributed by atoms with Gasteiger partial charge in [-0.05, 0) is 37.7 Å². The number of benzene rings is 1. The number of rotatable bonds is 3. The van der Waals surface area contributed by atoms with Crippen molar-refractivity contribution in [3.05, 3.63) is 35.9 Å². The number of nitrogens with two attached hydrogens (primary N) is 1. The molecule has 0 saturated heterocycles. The van der Waals surface area contributed by atoms with Crippen LogP contribution in [0.4, 0.5) is 4.79 Å². The summed E-state index contributed by atoms with van der Waals surface area (Å²) in [6.45, 7) is 0.316. The molecule has 19 heavy (non-hydrogen) atoms. The van der Waals surface area contributed by atoms with Gasteiger partial charge in [-0.3, -0.25) is 0 Å². The van der Waals surface area contributed by atoms with Gasteiger partial charge in [-0.15, -0.1) is 0 Å². The Morgan fingerprint density at radius 2 is 2.00 bits per heavy atom. The van der Waals surface area contributed by atoms with Crippen molar-refractivity contribution < 1.29 is 9.53 Å². The van der Waals surface area contributed by atoms with Crippen LogP contribution in [-0.2, 0) is 11.3 Å². The summed E-state index contributed by atoms with van der Waals surface area (Å²) in [4.78, 5) is 11.8. The van der Waals surface area contributed by atoms with E-state index in [0.29, 0.717) is 6.61 Å². The molecule has 3 aliphatic carbocycles. The van der Waals surface area contributed by atoms with Gasteiger partial charge in [0.2, 0.25) is 0 Å². The number of hydrogen-bond acceptors (Lipinski definition) is 3. The molecule has 0 radical (unpaired) electrons. The molecule has 1 aromatic carbocycles. The van der Waals surface area contributed by atoms with Crippen LogP contribution in [0.3, 0.4) is 0 Å². The lowest BCUT2D eigenvalue weighted by Crippen LogP contribution is -2.71. The van der Waals surface area contributed by atoms with E-state index in [4.69, 9.17) is 10.5 Å². The summed E-state index contributed by atoms with van der Waals surface area (Å²) in [6, 6.07) is 9.71. The maximum absolute atomic E-state index is 11.8. The predicted octanol–water partition coefficient (Wildman–Crippen LogP) is 2.33. The minimum Gasteiger partial charge on any atom is -0.445 e. The second-order valence-corrected chi connectivity index (χ2v) is 6.04. The van der Waals surface area contributed by atoms with Gasteiger partial charge >= 0.3 is 6.09 Å². The number of carbonyl (C=O) groups excluding carboxylic acids is 1. The van der Waals surface area contributed by atoms with Crippen LogP contribution >= 0.6 is 0 Å². The summed E-state index contributed by atoms with van der Waals surface area (Å²) in [5.74, 6) is 0. The molecule has 2 bridgehead atoms. The van der Waals surface area contributed by atoms with Crippen molar-refractivity contribution in [2.75, 3.05) is 0 Å². The van der Waals surface area contributed by atoms with Gasteiger partial charge in [0.05, 0.1) is 0 Å². The van der Waals surface area contributed by atoms with Crippen molar-refractivity contribution in [3.63, 3.8) is 0 Å². The van der Waals surface area contributed by atoms with E-state index in [1.807, 2.05) is 30.3 Å². The quantitative estimate of drug-likeness (QED) is 0.876. The van der Waals surface area contributed by atoms with Crippen molar-refractivity contribution in [2.24, 2.45) is 5.73 Å². The molecule has 0 spiro atoms. The first-order valence-corrected chi connectivity index (χ1v) is 6.87. The van der Waals surface area contributed by atoms with Gasteiger partial charge in [-0.1, -0.05) is 30.3 Å². The molecule has 0 aromatic heterocycles. The third-order valence-electron chi connectivity index (χ3n) is 4.29. The molecule has 4 rings (SSSR count). The second-order valence-electron chi connectivity index (χ2n) is 6.04. The maximum Gasteiger partial charge on any atom is 0.407 e. The van der Waals surface area contributed by atoms with Crippen LogP contribution in [0.1, 0.15) is 37.7 Å². The summed E-state index contributed by atoms with van der Waals surface area (Å²) in [7, 11) is 0. The average molecular weight is 260 g/mol. The zero-order valence-corrected chi connectivity index (χ0v) is 11.0. The lowest BCUT2D eigenvalue weighted by molar-refractivity contribution is 0.0124. The zero-order valence-electron chi connectivity index (χ0n) is 11.0. The van der Waals surface area contributed by atoms with Crippen molar-refractivity contribution in [1.29, 1.82) is 0 Å². The monoisotopic (exact) mass is 260 g/mol. The van der Waals surface area contributed by atoms with Crippen LogP contribution in [0.2, 0.25) is 0 Å². The van der Waals surface area contributed by atoms with E-state index in [0.717, 1.165) is 37.7 Å². The number of fused-ring (bicyclic) bond motifs is 2. The van der Waals surface area contributed by atoms with Crippen molar-refractivity contribution in [1.82, 2.24) is 5.32 Å². The Morgan fingerprint density at radius 1 is 1.26 bits per heavy atom. The minimum atomic E-state index is -0.326. The zero-order chi connectivity index (χ0) is 13.3. The number of nitrogens with one attached hydrogen (secondary N) is 1. The fourth-order valence-corrected chi connectivity index (χ4v) is 3.56. The molecule has 1 aromatic rings. The van der Waals surface area contributed by atoms with Crippen LogP contribution in [0.15, 0.2) is 30.3 Å². The Hall–Kier alpha value is -1.55. The van der Waals surface area contributed by atoms with Gasteiger partial charge in [0, 0.05) is 11.1 Å². The minimum absolute atomic E-state index is 0.0367. The van der Waals surface area contributed by atoms with E-state index in [1.54, 1.807) is 0 Å². The largest absolute Gasteiger partial charge is 0.445 e. The fourth-order valence-electron chi connectivity index (χ4n) is 3.56. The van der Waals surface area contributed by atoms with Gasteiger partial charge in [0.1, 0.15) is 6.61 Å². The lowest BCUT2D eigenvalue weighted by Gasteiger charge is -2.58. The van der Waals surface area contributed by atoms with E-state index < -0.39 is 0 Å². The standard InChI is InChI=1S/C15H20N2O2/c16-14-7-4-8-15(10-14,11-14)17-13(18)19-9-12-5-2-1-3-6-12/h1-3,5-6H,4,7-11,16H2,(H,17,18). The van der Waals surface area contributed by atoms with Crippen LogP contribution < -0.4 is 11.1 Å². The summed E-state index contributed by atoms with van der Waals surface area (Å²) in [5, 5.41) is 3.02. The molecule has 4 heteroatoms. The highest BCUT2D eigenvalue weighted by Gasteiger charge is 2.56. The van der Waals surface area contributed by atoms with Crippen LogP contribution in [-0.4, -0.2) is 17.2 Å². The molecule has 102 valence electrons. The first-order valence-electron chi connectivity index (χ1n) is 6.87. The van der Waals surface area contributed by atoms with Crippen LogP contribution in [0.5, 0.6) is 0 Å². The Balaban J connectivity index is 1.50. The van der Waals surface area contributed by atoms with Gasteiger partial charge in [0.15, 0.2) is 0 Å². The summed E-state index contributed by atoms with van der Waals surface area (Å²) < 4.78 is 5.26. The number of amides is 1. The van der Waals surface area contributed by atoms with Crippen molar-refractivity contribution in [2.45, 2.75) is 49.8 Å². The molecule has 0 unspecified atom stereocenters. The summed E-state index contributed by atoms with van der Waals surface area (Å²) in [6.07, 6.45) is 4.64. The van der Waals surface area contributed by atoms with Crippen LogP contribution in [0.25, 0.3) is 0 Å². The molecule has 3 N–H and O–H groups in total. The van der Waals surface area contributed by atoms with Gasteiger partial charge in [0.25, 0.3) is 0 Å². The van der Waals surface area contributed by atoms with E-state index >= 15 is 0 Å². The normalized spacial score (nSPS) is 32.3. The molecule has 3 aliphatic rings. The SMILES string of the molecule is NC12CCCC(NC(=O)OCc3ccccc3)(C1)C2. The Bertz CT molecular complexity index is 466. The smallest absolute Gasteiger partial charge is 0.407 e. The Labute approximate surface area is 113 Å². The van der Waals surface area contributed by atoms with Gasteiger partial charge in [-0.2, -0.15) is 0 Å². The van der Waals surface area contributed by atoms with Gasteiger partial charge in [-0.25, -0.2) is 4.79 Å². The molecule has 0 aliphatic heterocycles.